The van der Waals surface area contributed by atoms with Crippen LogP contribution in [0.3, 0.4) is 0 Å². The van der Waals surface area contributed by atoms with E-state index in [1.165, 1.54) is 12.1 Å². The topological polar surface area (TPSA) is 100 Å². The summed E-state index contributed by atoms with van der Waals surface area (Å²) in [4.78, 5) is 18.3. The second-order valence-electron chi connectivity index (χ2n) is 7.90. The molecule has 0 saturated carbocycles. The molecule has 1 amide bonds. The highest BCUT2D eigenvalue weighted by Gasteiger charge is 2.20. The number of carbonyl (C=O) groups is 1. The lowest BCUT2D eigenvalue weighted by molar-refractivity contribution is -0.135. The molecule has 0 spiro atoms. The molecular weight excluding hydrogens is 499 g/mol. The van der Waals surface area contributed by atoms with Crippen molar-refractivity contribution in [3.63, 3.8) is 0 Å². The van der Waals surface area contributed by atoms with E-state index in [2.05, 4.69) is 15.6 Å². The first-order chi connectivity index (χ1) is 16.2. The highest BCUT2D eigenvalue weighted by Crippen LogP contribution is 2.30. The van der Waals surface area contributed by atoms with Gasteiger partial charge in [0.05, 0.1) is 23.1 Å². The molecule has 11 heteroatoms. The third-order valence-electron chi connectivity index (χ3n) is 5.31. The van der Waals surface area contributed by atoms with Gasteiger partial charge in [-0.25, -0.2) is 8.42 Å². The van der Waals surface area contributed by atoms with E-state index in [1.807, 2.05) is 24.3 Å². The first-order valence-corrected chi connectivity index (χ1v) is 13.2. The minimum atomic E-state index is -3.63. The molecule has 0 unspecified atom stereocenters. The lowest BCUT2D eigenvalue weighted by atomic mass is 10.1. The van der Waals surface area contributed by atoms with Gasteiger partial charge in [0, 0.05) is 37.3 Å². The predicted octanol–water partition coefficient (Wildman–Crippen LogP) is 2.65. The van der Waals surface area contributed by atoms with Crippen molar-refractivity contribution in [3.8, 4) is 0 Å². The number of hydrogen-bond donors (Lipinski definition) is 2. The summed E-state index contributed by atoms with van der Waals surface area (Å²) in [5.41, 5.74) is 2.55. The minimum Gasteiger partial charge on any atom is -0.370 e. The fraction of sp³-hybridized carbons (Fsp3) is 0.391. The Labute approximate surface area is 210 Å². The van der Waals surface area contributed by atoms with Gasteiger partial charge in [0.15, 0.2) is 9.84 Å². The van der Waals surface area contributed by atoms with Crippen molar-refractivity contribution in [2.24, 2.45) is 4.99 Å². The van der Waals surface area contributed by atoms with E-state index in [9.17, 15) is 13.2 Å². The molecular formula is C23H28Cl2N4O4S. The minimum absolute atomic E-state index is 0.0295. The molecule has 184 valence electrons. The summed E-state index contributed by atoms with van der Waals surface area (Å²) in [5.74, 6) is 0.433. The second kappa shape index (κ2) is 12.0. The average Bonchev–Trinajstić information content (AvgIpc) is 3.35. The van der Waals surface area contributed by atoms with Crippen molar-refractivity contribution in [1.82, 2.24) is 15.5 Å². The van der Waals surface area contributed by atoms with E-state index < -0.39 is 9.84 Å². The molecule has 0 radical (unpaired) electrons. The van der Waals surface area contributed by atoms with Crippen LogP contribution in [0.5, 0.6) is 0 Å². The summed E-state index contributed by atoms with van der Waals surface area (Å²) >= 11 is 12.1. The maximum atomic E-state index is 12.5. The van der Waals surface area contributed by atoms with Crippen molar-refractivity contribution in [2.75, 3.05) is 45.8 Å². The molecule has 0 aliphatic carbocycles. The average molecular weight is 527 g/mol. The Hall–Kier alpha value is -2.17. The van der Waals surface area contributed by atoms with Crippen molar-refractivity contribution >= 4 is 44.8 Å². The number of nitrogens with zero attached hydrogens (tertiary/aromatic N) is 2. The number of likely N-dealkylation sites (N-methyl/N-ethyl adjacent to an activating group) is 1. The second-order valence-corrected chi connectivity index (χ2v) is 10.6. The van der Waals surface area contributed by atoms with Crippen LogP contribution in [0.15, 0.2) is 46.3 Å². The van der Waals surface area contributed by atoms with Crippen molar-refractivity contribution in [1.29, 1.82) is 0 Å². The normalized spacial score (nSPS) is 13.5. The van der Waals surface area contributed by atoms with Crippen LogP contribution in [0, 0.1) is 6.92 Å². The zero-order valence-corrected chi connectivity index (χ0v) is 21.4. The number of hydrogen-bond acceptors (Lipinski definition) is 7. The quantitative estimate of drug-likeness (QED) is 0.436. The summed E-state index contributed by atoms with van der Waals surface area (Å²) in [5, 5.41) is 6.58. The van der Waals surface area contributed by atoms with Crippen LogP contribution in [0.1, 0.15) is 16.7 Å². The molecule has 1 aliphatic rings. The van der Waals surface area contributed by atoms with Crippen LogP contribution in [0.25, 0.3) is 0 Å². The molecule has 0 aromatic heterocycles. The fourth-order valence-corrected chi connectivity index (χ4v) is 5.29. The van der Waals surface area contributed by atoms with Gasteiger partial charge in [0.25, 0.3) is 0 Å². The number of carbonyl (C=O) groups excluding carboxylic acids is 1. The van der Waals surface area contributed by atoms with E-state index >= 15 is 0 Å². The molecule has 3 rings (SSSR count). The highest BCUT2D eigenvalue weighted by molar-refractivity contribution is 7.91. The molecule has 2 N–H and O–H groups in total. The van der Waals surface area contributed by atoms with Crippen LogP contribution in [0.2, 0.25) is 10.0 Å². The number of amides is 1. The molecule has 1 heterocycles. The third-order valence-corrected chi connectivity index (χ3v) is 7.91. The monoisotopic (exact) mass is 526 g/mol. The van der Waals surface area contributed by atoms with Crippen LogP contribution in [0.4, 0.5) is 0 Å². The van der Waals surface area contributed by atoms with Gasteiger partial charge in [-0.3, -0.25) is 9.79 Å². The van der Waals surface area contributed by atoms with E-state index in [4.69, 9.17) is 27.9 Å². The van der Waals surface area contributed by atoms with Crippen LogP contribution in [-0.4, -0.2) is 70.8 Å². The third kappa shape index (κ3) is 6.93. The maximum absolute atomic E-state index is 12.5. The number of ether oxygens (including phenoxy) is 1. The zero-order valence-electron chi connectivity index (χ0n) is 19.1. The summed E-state index contributed by atoms with van der Waals surface area (Å²) in [6, 6.07) is 10.8. The lowest BCUT2D eigenvalue weighted by Crippen LogP contribution is -2.32. The molecule has 0 atom stereocenters. The standard InChI is InChI=1S/C23H28Cl2N4O4S/c1-16-19(24)7-8-20(22(16)25)34(31,32)15-26-11-12-33-14-21(30)29(2)13-17-3-5-18(6-4-17)23-27-9-10-28-23/h3-8,26H,9-15H2,1-2H3,(H,27,28). The number of nitrogens with one attached hydrogen (secondary N) is 2. The van der Waals surface area contributed by atoms with Crippen molar-refractivity contribution in [3.05, 3.63) is 63.1 Å². The number of halogens is 2. The molecule has 1 aliphatic heterocycles. The van der Waals surface area contributed by atoms with Crippen molar-refractivity contribution < 1.29 is 17.9 Å². The Morgan fingerprint density at radius 3 is 2.62 bits per heavy atom. The summed E-state index contributed by atoms with van der Waals surface area (Å²) in [6.07, 6.45) is 0. The van der Waals surface area contributed by atoms with Gasteiger partial charge in [0.2, 0.25) is 5.91 Å². The maximum Gasteiger partial charge on any atom is 0.248 e. The fourth-order valence-electron chi connectivity index (χ4n) is 3.30. The van der Waals surface area contributed by atoms with Gasteiger partial charge in [-0.05, 0) is 30.2 Å². The first-order valence-electron chi connectivity index (χ1n) is 10.8. The van der Waals surface area contributed by atoms with Crippen LogP contribution >= 0.6 is 23.2 Å². The van der Waals surface area contributed by atoms with E-state index in [1.54, 1.807) is 18.9 Å². The predicted molar refractivity (Wildman–Crippen MR) is 134 cm³/mol. The smallest absolute Gasteiger partial charge is 0.248 e. The van der Waals surface area contributed by atoms with Crippen LogP contribution < -0.4 is 10.6 Å². The Balaban J connectivity index is 1.37. The van der Waals surface area contributed by atoms with Crippen molar-refractivity contribution in [2.45, 2.75) is 18.4 Å². The molecule has 0 bridgehead atoms. The number of benzene rings is 2. The first kappa shape index (κ1) is 26.4. The Bertz CT molecular complexity index is 1150. The van der Waals surface area contributed by atoms with Gasteiger partial charge in [-0.15, -0.1) is 0 Å². The molecule has 0 saturated heterocycles. The Morgan fingerprint density at radius 1 is 1.21 bits per heavy atom. The van der Waals surface area contributed by atoms with Crippen LogP contribution in [-0.2, 0) is 25.9 Å². The summed E-state index contributed by atoms with van der Waals surface area (Å²) < 4.78 is 30.4. The molecule has 2 aromatic carbocycles. The number of amidine groups is 1. The molecule has 2 aromatic rings. The number of aliphatic imine (C=N–C) groups is 1. The highest BCUT2D eigenvalue weighted by atomic mass is 35.5. The Morgan fingerprint density at radius 2 is 1.94 bits per heavy atom. The zero-order chi connectivity index (χ0) is 24.7. The van der Waals surface area contributed by atoms with Gasteiger partial charge in [-0.1, -0.05) is 47.5 Å². The summed E-state index contributed by atoms with van der Waals surface area (Å²) in [7, 11) is -1.92. The van der Waals surface area contributed by atoms with E-state index in [0.29, 0.717) is 17.1 Å². The van der Waals surface area contributed by atoms with Gasteiger partial charge < -0.3 is 20.3 Å². The summed E-state index contributed by atoms with van der Waals surface area (Å²) in [6.45, 7) is 4.13. The molecule has 0 fully saturated rings. The largest absolute Gasteiger partial charge is 0.370 e. The lowest BCUT2D eigenvalue weighted by Gasteiger charge is -2.17. The van der Waals surface area contributed by atoms with Gasteiger partial charge in [-0.2, -0.15) is 0 Å². The SMILES string of the molecule is Cc1c(Cl)ccc(S(=O)(=O)CNCCOCC(=O)N(C)Cc2ccc(C3=NCCN3)cc2)c1Cl. The van der Waals surface area contributed by atoms with E-state index in [0.717, 1.165) is 30.1 Å². The Kier molecular flexibility index (Phi) is 9.32. The molecule has 34 heavy (non-hydrogen) atoms. The number of sulfone groups is 1. The molecule has 8 nitrogen and oxygen atoms in total. The van der Waals surface area contributed by atoms with Gasteiger partial charge >= 0.3 is 0 Å². The van der Waals surface area contributed by atoms with Gasteiger partial charge in [0.1, 0.15) is 18.3 Å². The van der Waals surface area contributed by atoms with E-state index in [-0.39, 0.29) is 41.5 Å². The number of rotatable bonds is 11.